The minimum Gasteiger partial charge on any atom is -0.370 e. The van der Waals surface area contributed by atoms with Gasteiger partial charge in [0.1, 0.15) is 34.1 Å². The van der Waals surface area contributed by atoms with Gasteiger partial charge < -0.3 is 15.2 Å². The van der Waals surface area contributed by atoms with E-state index in [1.807, 2.05) is 6.07 Å². The molecule has 0 aliphatic carbocycles. The lowest BCUT2D eigenvalue weighted by Crippen LogP contribution is -2.44. The van der Waals surface area contributed by atoms with Gasteiger partial charge in [-0.3, -0.25) is 14.5 Å². The van der Waals surface area contributed by atoms with Crippen molar-refractivity contribution in [2.24, 2.45) is 0 Å². The first-order valence-electron chi connectivity index (χ1n) is 11.5. The van der Waals surface area contributed by atoms with Crippen molar-refractivity contribution >= 4 is 22.5 Å². The molecule has 4 heterocycles. The molecule has 10 heteroatoms. The molecule has 2 fully saturated rings. The average molecular weight is 469 g/mol. The molecular formula is C24H26F2N6O2. The van der Waals surface area contributed by atoms with E-state index in [1.165, 1.54) is 0 Å². The number of hydrogen-bond acceptors (Lipinski definition) is 6. The summed E-state index contributed by atoms with van der Waals surface area (Å²) in [6.07, 6.45) is 4.49. The zero-order valence-electron chi connectivity index (χ0n) is 18.9. The molecule has 0 saturated carbocycles. The Morgan fingerprint density at radius 1 is 1.09 bits per heavy atom. The van der Waals surface area contributed by atoms with Gasteiger partial charge >= 0.3 is 0 Å². The Hall–Kier alpha value is -3.40. The number of likely N-dealkylation sites (tertiary alicyclic amines) is 1. The maximum atomic E-state index is 14.2. The van der Waals surface area contributed by atoms with Crippen molar-refractivity contribution in [3.63, 3.8) is 0 Å². The van der Waals surface area contributed by atoms with Crippen LogP contribution in [0.1, 0.15) is 41.5 Å². The number of rotatable bonds is 4. The predicted molar refractivity (Wildman–Crippen MR) is 124 cm³/mol. The van der Waals surface area contributed by atoms with Crippen LogP contribution in [0.3, 0.4) is 0 Å². The molecule has 3 aromatic rings. The lowest BCUT2D eigenvalue weighted by molar-refractivity contribution is 0.0958. The molecule has 34 heavy (non-hydrogen) atoms. The molecule has 0 radical (unpaired) electrons. The second-order valence-corrected chi connectivity index (χ2v) is 8.88. The summed E-state index contributed by atoms with van der Waals surface area (Å²) in [5, 5.41) is 2.24. The van der Waals surface area contributed by atoms with Crippen LogP contribution in [0, 0.1) is 11.6 Å². The van der Waals surface area contributed by atoms with Crippen molar-refractivity contribution in [2.75, 3.05) is 38.1 Å². The second-order valence-electron chi connectivity index (χ2n) is 8.88. The number of halogens is 2. The van der Waals surface area contributed by atoms with E-state index in [4.69, 9.17) is 0 Å². The van der Waals surface area contributed by atoms with E-state index >= 15 is 0 Å². The number of anilines is 1. The van der Waals surface area contributed by atoms with E-state index in [0.717, 1.165) is 63.3 Å². The van der Waals surface area contributed by atoms with Crippen molar-refractivity contribution in [3.8, 4) is 0 Å². The molecule has 1 aromatic carbocycles. The standard InChI is InChI=1S/C24H26F2N6O2/c1-27-23(33)19-5-2-16(12-28-19)31-10-7-15(8-11-31)32-9-6-14(13-32)22-29-21-18(26)4-3-17(25)20(21)24(34)30-22/h2-5,12,14-15H,6-11,13H2,1H3,(H,27,33)(H,29,30,34). The van der Waals surface area contributed by atoms with Gasteiger partial charge in [0.05, 0.1) is 11.9 Å². The van der Waals surface area contributed by atoms with Crippen molar-refractivity contribution in [2.45, 2.75) is 31.2 Å². The van der Waals surface area contributed by atoms with Gasteiger partial charge in [0.15, 0.2) is 0 Å². The zero-order chi connectivity index (χ0) is 23.8. The third kappa shape index (κ3) is 4.13. The van der Waals surface area contributed by atoms with Gasteiger partial charge in [-0.1, -0.05) is 0 Å². The normalized spacial score (nSPS) is 19.6. The van der Waals surface area contributed by atoms with Gasteiger partial charge in [-0.2, -0.15) is 0 Å². The van der Waals surface area contributed by atoms with Crippen LogP contribution < -0.4 is 15.8 Å². The number of carbonyl (C=O) groups is 1. The van der Waals surface area contributed by atoms with Crippen LogP contribution in [0.5, 0.6) is 0 Å². The molecule has 1 unspecified atom stereocenters. The minimum atomic E-state index is -0.769. The number of aromatic nitrogens is 3. The Morgan fingerprint density at radius 2 is 1.85 bits per heavy atom. The van der Waals surface area contributed by atoms with Gasteiger partial charge in [-0.05, 0) is 50.1 Å². The summed E-state index contributed by atoms with van der Waals surface area (Å²) < 4.78 is 28.2. The maximum absolute atomic E-state index is 14.2. The van der Waals surface area contributed by atoms with Gasteiger partial charge in [0, 0.05) is 38.6 Å². The number of nitrogens with zero attached hydrogens (tertiary/aromatic N) is 4. The molecule has 2 aromatic heterocycles. The Labute approximate surface area is 195 Å². The lowest BCUT2D eigenvalue weighted by Gasteiger charge is -2.37. The molecular weight excluding hydrogens is 442 g/mol. The predicted octanol–water partition coefficient (Wildman–Crippen LogP) is 2.41. The molecule has 2 aliphatic heterocycles. The van der Waals surface area contributed by atoms with Crippen molar-refractivity contribution < 1.29 is 13.6 Å². The minimum absolute atomic E-state index is 0.0285. The fourth-order valence-electron chi connectivity index (χ4n) is 5.05. The summed E-state index contributed by atoms with van der Waals surface area (Å²) in [7, 11) is 1.58. The second kappa shape index (κ2) is 9.09. The van der Waals surface area contributed by atoms with Crippen LogP contribution in [-0.4, -0.2) is 65.0 Å². The monoisotopic (exact) mass is 468 g/mol. The van der Waals surface area contributed by atoms with Gasteiger partial charge in [-0.15, -0.1) is 0 Å². The smallest absolute Gasteiger partial charge is 0.269 e. The third-order valence-corrected chi connectivity index (χ3v) is 6.94. The number of amides is 1. The number of benzene rings is 1. The molecule has 8 nitrogen and oxygen atoms in total. The highest BCUT2D eigenvalue weighted by molar-refractivity contribution is 5.92. The number of aromatic amines is 1. The van der Waals surface area contributed by atoms with Crippen LogP contribution in [0.4, 0.5) is 14.5 Å². The van der Waals surface area contributed by atoms with E-state index in [1.54, 1.807) is 19.3 Å². The molecule has 2 N–H and O–H groups in total. The summed E-state index contributed by atoms with van der Waals surface area (Å²) in [5.74, 6) is -1.27. The van der Waals surface area contributed by atoms with Crippen molar-refractivity contribution in [1.82, 2.24) is 25.2 Å². The van der Waals surface area contributed by atoms with Crippen molar-refractivity contribution in [1.29, 1.82) is 0 Å². The SMILES string of the molecule is CNC(=O)c1ccc(N2CCC(N3CCC(c4nc5c(F)ccc(F)c5c(=O)[nH]4)C3)CC2)cn1. The van der Waals surface area contributed by atoms with Crippen molar-refractivity contribution in [3.05, 3.63) is 64.0 Å². The van der Waals surface area contributed by atoms with E-state index in [-0.39, 0.29) is 22.7 Å². The summed E-state index contributed by atoms with van der Waals surface area (Å²) >= 11 is 0. The average Bonchev–Trinajstić information content (AvgIpc) is 3.36. The largest absolute Gasteiger partial charge is 0.370 e. The highest BCUT2D eigenvalue weighted by Gasteiger charge is 2.33. The number of nitrogens with one attached hydrogen (secondary N) is 2. The highest BCUT2D eigenvalue weighted by atomic mass is 19.1. The van der Waals surface area contributed by atoms with Crippen LogP contribution in [0.15, 0.2) is 35.3 Å². The quantitative estimate of drug-likeness (QED) is 0.611. The number of hydrogen-bond donors (Lipinski definition) is 2. The molecule has 0 spiro atoms. The number of piperidine rings is 1. The number of fused-ring (bicyclic) bond motifs is 1. The van der Waals surface area contributed by atoms with Gasteiger partial charge in [0.2, 0.25) is 0 Å². The fraction of sp³-hybridized carbons (Fsp3) is 0.417. The molecule has 178 valence electrons. The van der Waals surface area contributed by atoms with Crippen LogP contribution in [0.2, 0.25) is 0 Å². The molecule has 1 amide bonds. The lowest BCUT2D eigenvalue weighted by atomic mass is 10.0. The molecule has 2 aliphatic rings. The van der Waals surface area contributed by atoms with E-state index in [9.17, 15) is 18.4 Å². The first kappa shape index (κ1) is 22.4. The maximum Gasteiger partial charge on any atom is 0.269 e. The van der Waals surface area contributed by atoms with Gasteiger partial charge in [-0.25, -0.2) is 18.7 Å². The number of pyridine rings is 1. The topological polar surface area (TPSA) is 94.2 Å². The Bertz CT molecular complexity index is 1270. The first-order valence-corrected chi connectivity index (χ1v) is 11.5. The Kier molecular flexibility index (Phi) is 5.99. The first-order chi connectivity index (χ1) is 16.4. The zero-order valence-corrected chi connectivity index (χ0v) is 18.9. The molecule has 1 atom stereocenters. The Morgan fingerprint density at radius 3 is 2.56 bits per heavy atom. The van der Waals surface area contributed by atoms with E-state index in [0.29, 0.717) is 17.6 Å². The highest BCUT2D eigenvalue weighted by Crippen LogP contribution is 2.31. The summed E-state index contributed by atoms with van der Waals surface area (Å²) in [5.41, 5.74) is 0.547. The van der Waals surface area contributed by atoms with Crippen LogP contribution in [0.25, 0.3) is 10.9 Å². The fourth-order valence-corrected chi connectivity index (χ4v) is 5.05. The number of carbonyl (C=O) groups excluding carboxylic acids is 1. The summed E-state index contributed by atoms with van der Waals surface area (Å²) in [6.45, 7) is 3.34. The molecule has 0 bridgehead atoms. The summed E-state index contributed by atoms with van der Waals surface area (Å²) in [4.78, 5) is 40.0. The van der Waals surface area contributed by atoms with Crippen LogP contribution >= 0.6 is 0 Å². The molecule has 5 rings (SSSR count). The Balaban J connectivity index is 1.23. The van der Waals surface area contributed by atoms with Crippen LogP contribution in [-0.2, 0) is 0 Å². The van der Waals surface area contributed by atoms with E-state index in [2.05, 4.69) is 30.1 Å². The van der Waals surface area contributed by atoms with Gasteiger partial charge in [0.25, 0.3) is 11.5 Å². The molecule has 2 saturated heterocycles. The third-order valence-electron chi connectivity index (χ3n) is 6.94. The van der Waals surface area contributed by atoms with E-state index < -0.39 is 17.2 Å². The summed E-state index contributed by atoms with van der Waals surface area (Å²) in [6, 6.07) is 6.01. The number of H-pyrrole nitrogens is 1.